The number of carbonyl (C=O) groups excluding carboxylic acids is 1. The minimum Gasteiger partial charge on any atom is -0.338 e. The summed E-state index contributed by atoms with van der Waals surface area (Å²) in [5.41, 5.74) is 0.307. The number of fused-ring (bicyclic) bond motifs is 1. The Morgan fingerprint density at radius 2 is 1.93 bits per heavy atom. The molecule has 0 N–H and O–H groups in total. The molecule has 7 heteroatoms. The van der Waals surface area contributed by atoms with Crippen molar-refractivity contribution in [3.8, 4) is 0 Å². The van der Waals surface area contributed by atoms with Crippen molar-refractivity contribution in [3.05, 3.63) is 34.9 Å². The molecule has 0 unspecified atom stereocenters. The predicted octanol–water partition coefficient (Wildman–Crippen LogP) is 4.83. The van der Waals surface area contributed by atoms with Crippen LogP contribution in [0.1, 0.15) is 56.2 Å². The number of amides is 1. The highest BCUT2D eigenvalue weighted by atomic mass is 19.4. The summed E-state index contributed by atoms with van der Waals surface area (Å²) in [4.78, 5) is 17.6. The quantitative estimate of drug-likeness (QED) is 0.647. The Bertz CT molecular complexity index is 809. The molecule has 2 fully saturated rings. The summed E-state index contributed by atoms with van der Waals surface area (Å²) in [6.45, 7) is 6.07. The van der Waals surface area contributed by atoms with Crippen molar-refractivity contribution in [2.45, 2.75) is 70.9 Å². The second-order valence-corrected chi connectivity index (χ2v) is 9.55. The molecule has 3 aliphatic rings. The molecule has 1 saturated heterocycles. The minimum atomic E-state index is -4.39. The minimum absolute atomic E-state index is 0.0547. The van der Waals surface area contributed by atoms with Crippen molar-refractivity contribution in [3.63, 3.8) is 0 Å². The number of likely N-dealkylation sites (tertiary alicyclic amines) is 1. The van der Waals surface area contributed by atoms with Crippen LogP contribution in [-0.2, 0) is 23.9 Å². The van der Waals surface area contributed by atoms with E-state index >= 15 is 0 Å². The fourth-order valence-electron chi connectivity index (χ4n) is 5.62. The Kier molecular flexibility index (Phi) is 5.62. The molecule has 166 valence electrons. The maximum absolute atomic E-state index is 13.7. The van der Waals surface area contributed by atoms with E-state index in [2.05, 4.69) is 18.7 Å². The molecule has 1 aliphatic carbocycles. The maximum atomic E-state index is 13.7. The van der Waals surface area contributed by atoms with Gasteiger partial charge >= 0.3 is 6.18 Å². The van der Waals surface area contributed by atoms with E-state index < -0.39 is 23.3 Å². The molecule has 4 rings (SSSR count). The van der Waals surface area contributed by atoms with Crippen LogP contribution in [0.15, 0.2) is 18.2 Å². The van der Waals surface area contributed by atoms with Gasteiger partial charge in [-0.1, -0.05) is 19.9 Å². The van der Waals surface area contributed by atoms with E-state index in [0.29, 0.717) is 37.9 Å². The van der Waals surface area contributed by atoms with Gasteiger partial charge in [0, 0.05) is 32.2 Å². The first-order chi connectivity index (χ1) is 14.1. The van der Waals surface area contributed by atoms with Gasteiger partial charge < -0.3 is 4.90 Å². The van der Waals surface area contributed by atoms with Gasteiger partial charge in [0.1, 0.15) is 6.17 Å². The number of halogens is 4. The molecule has 3 nitrogen and oxygen atoms in total. The highest BCUT2D eigenvalue weighted by Crippen LogP contribution is 2.48. The van der Waals surface area contributed by atoms with E-state index in [0.717, 1.165) is 31.0 Å². The molecule has 2 heterocycles. The van der Waals surface area contributed by atoms with Gasteiger partial charge in [-0.05, 0) is 61.3 Å². The Morgan fingerprint density at radius 1 is 1.17 bits per heavy atom. The molecule has 30 heavy (non-hydrogen) atoms. The van der Waals surface area contributed by atoms with Crippen LogP contribution in [0.5, 0.6) is 0 Å². The summed E-state index contributed by atoms with van der Waals surface area (Å²) in [6.07, 6.45) is -1.69. The number of hydrogen-bond acceptors (Lipinski definition) is 2. The molecule has 0 radical (unpaired) electrons. The van der Waals surface area contributed by atoms with Crippen molar-refractivity contribution in [1.82, 2.24) is 9.80 Å². The largest absolute Gasteiger partial charge is 0.416 e. The zero-order valence-corrected chi connectivity index (χ0v) is 17.6. The third kappa shape index (κ3) is 3.85. The maximum Gasteiger partial charge on any atom is 0.416 e. The first-order valence-electron chi connectivity index (χ1n) is 11.0. The van der Waals surface area contributed by atoms with Gasteiger partial charge in [0.25, 0.3) is 0 Å². The van der Waals surface area contributed by atoms with Crippen molar-refractivity contribution in [1.29, 1.82) is 0 Å². The fraction of sp³-hybridized carbons (Fsp3) is 0.696. The molecular weight excluding hydrogens is 396 g/mol. The van der Waals surface area contributed by atoms with Crippen molar-refractivity contribution < 1.29 is 22.4 Å². The number of rotatable bonds is 3. The lowest BCUT2D eigenvalue weighted by Crippen LogP contribution is -2.48. The summed E-state index contributed by atoms with van der Waals surface area (Å²) in [5.74, 6) is 0.181. The fourth-order valence-corrected chi connectivity index (χ4v) is 5.62. The molecule has 0 aromatic heterocycles. The van der Waals surface area contributed by atoms with Gasteiger partial charge in [0.15, 0.2) is 0 Å². The highest BCUT2D eigenvalue weighted by Gasteiger charge is 2.51. The van der Waals surface area contributed by atoms with Crippen molar-refractivity contribution in [2.75, 3.05) is 19.6 Å². The van der Waals surface area contributed by atoms with Crippen LogP contribution in [0.25, 0.3) is 0 Å². The van der Waals surface area contributed by atoms with Gasteiger partial charge in [0.05, 0.1) is 11.0 Å². The molecule has 2 aliphatic heterocycles. The second kappa shape index (κ2) is 7.81. The molecular formula is C23H30F4N2O. The average Bonchev–Trinajstić information content (AvgIpc) is 3.33. The molecule has 1 aromatic carbocycles. The number of carbonyl (C=O) groups is 1. The van der Waals surface area contributed by atoms with Crippen molar-refractivity contribution >= 4 is 5.91 Å². The normalized spacial score (nSPS) is 30.2. The van der Waals surface area contributed by atoms with Crippen LogP contribution < -0.4 is 0 Å². The van der Waals surface area contributed by atoms with Gasteiger partial charge in [-0.15, -0.1) is 0 Å². The topological polar surface area (TPSA) is 23.6 Å². The van der Waals surface area contributed by atoms with E-state index in [9.17, 15) is 22.4 Å². The van der Waals surface area contributed by atoms with Crippen LogP contribution in [0.2, 0.25) is 0 Å². The molecule has 1 saturated carbocycles. The summed E-state index contributed by atoms with van der Waals surface area (Å²) >= 11 is 0. The van der Waals surface area contributed by atoms with Gasteiger partial charge in [0.2, 0.25) is 5.91 Å². The van der Waals surface area contributed by atoms with E-state index in [1.54, 1.807) is 11.0 Å². The zero-order valence-electron chi connectivity index (χ0n) is 17.6. The number of benzene rings is 1. The Morgan fingerprint density at radius 3 is 2.57 bits per heavy atom. The average molecular weight is 426 g/mol. The van der Waals surface area contributed by atoms with Gasteiger partial charge in [-0.3, -0.25) is 9.69 Å². The molecule has 1 amide bonds. The van der Waals surface area contributed by atoms with Crippen molar-refractivity contribution in [2.24, 2.45) is 11.3 Å². The first-order valence-corrected chi connectivity index (χ1v) is 11.0. The molecule has 1 aromatic rings. The lowest BCUT2D eigenvalue weighted by Gasteiger charge is -2.40. The Balaban J connectivity index is 1.53. The molecule has 0 bridgehead atoms. The van der Waals surface area contributed by atoms with E-state index in [-0.39, 0.29) is 24.4 Å². The van der Waals surface area contributed by atoms with Crippen LogP contribution >= 0.6 is 0 Å². The number of alkyl halides is 4. The summed E-state index contributed by atoms with van der Waals surface area (Å²) < 4.78 is 53.1. The lowest BCUT2D eigenvalue weighted by atomic mass is 9.73. The monoisotopic (exact) mass is 426 g/mol. The third-order valence-corrected chi connectivity index (χ3v) is 7.57. The van der Waals surface area contributed by atoms with E-state index in [1.165, 1.54) is 6.07 Å². The summed E-state index contributed by atoms with van der Waals surface area (Å²) in [6, 6.07) is 4.08. The van der Waals surface area contributed by atoms with E-state index in [1.807, 2.05) is 0 Å². The van der Waals surface area contributed by atoms with Crippen LogP contribution in [-0.4, -0.2) is 47.6 Å². The standard InChI is InChI=1S/C23H30F4N2O/c1-15(2)22(8-5-20(12-22)28-10-7-19(24)14-28)21(30)29-9-6-16-3-4-18(23(25,26)27)11-17(16)13-29/h3-4,11,15,19-20H,5-10,12-14H2,1-2H3/t19-,20+,22-/m0/s1. The first kappa shape index (κ1) is 21.6. The van der Waals surface area contributed by atoms with E-state index in [4.69, 9.17) is 0 Å². The molecule has 0 spiro atoms. The van der Waals surface area contributed by atoms with Crippen LogP contribution in [0.3, 0.4) is 0 Å². The highest BCUT2D eigenvalue weighted by molar-refractivity contribution is 5.84. The SMILES string of the molecule is CC(C)[C@]1(C(=O)N2CCc3ccc(C(F)(F)F)cc3C2)CC[C@@H](N2CC[C@H](F)C2)C1. The summed E-state index contributed by atoms with van der Waals surface area (Å²) in [7, 11) is 0. The number of nitrogens with zero attached hydrogens (tertiary/aromatic N) is 2. The second-order valence-electron chi connectivity index (χ2n) is 9.55. The number of hydrogen-bond donors (Lipinski definition) is 0. The zero-order chi connectivity index (χ0) is 21.7. The third-order valence-electron chi connectivity index (χ3n) is 7.57. The molecule has 3 atom stereocenters. The van der Waals surface area contributed by atoms with Gasteiger partial charge in [-0.2, -0.15) is 13.2 Å². The Labute approximate surface area is 175 Å². The van der Waals surface area contributed by atoms with Crippen LogP contribution in [0, 0.1) is 11.3 Å². The van der Waals surface area contributed by atoms with Gasteiger partial charge in [-0.25, -0.2) is 4.39 Å². The Hall–Kier alpha value is -1.63. The predicted molar refractivity (Wildman–Crippen MR) is 107 cm³/mol. The lowest BCUT2D eigenvalue weighted by molar-refractivity contribution is -0.146. The summed E-state index contributed by atoms with van der Waals surface area (Å²) in [5, 5.41) is 0. The van der Waals surface area contributed by atoms with Crippen LogP contribution in [0.4, 0.5) is 17.6 Å². The smallest absolute Gasteiger partial charge is 0.338 e.